The Morgan fingerprint density at radius 3 is 2.25 bits per heavy atom. The van der Waals surface area contributed by atoms with Gasteiger partial charge in [-0.15, -0.1) is 0 Å². The Labute approximate surface area is 163 Å². The summed E-state index contributed by atoms with van der Waals surface area (Å²) in [5, 5.41) is 8.70. The van der Waals surface area contributed by atoms with Gasteiger partial charge in [0.15, 0.2) is 0 Å². The Hall–Kier alpha value is -3.74. The third kappa shape index (κ3) is 5.14. The van der Waals surface area contributed by atoms with Gasteiger partial charge in [0.05, 0.1) is 0 Å². The minimum atomic E-state index is -0.315. The van der Waals surface area contributed by atoms with Crippen LogP contribution in [0.3, 0.4) is 0 Å². The van der Waals surface area contributed by atoms with Crippen molar-refractivity contribution in [3.05, 3.63) is 71.7 Å². The molecule has 3 rings (SSSR count). The number of aromatic nitrogens is 2. The number of nitrogens with zero attached hydrogens (tertiary/aromatic N) is 2. The summed E-state index contributed by atoms with van der Waals surface area (Å²) in [6.45, 7) is 5.16. The monoisotopic (exact) mass is 375 g/mol. The standard InChI is InChI=1S/C21H21N5O2/c1-13-7-9-16(10-8-13)26-21(28)19-12-20(23-14(2)22-19)25-18-6-4-5-17(11-18)24-15(3)27/h4-12H,1-3H3,(H,24,27)(H,26,28)(H,22,23,25). The zero-order valence-corrected chi connectivity index (χ0v) is 15.9. The van der Waals surface area contributed by atoms with E-state index >= 15 is 0 Å². The van der Waals surface area contributed by atoms with Crippen molar-refractivity contribution < 1.29 is 9.59 Å². The van der Waals surface area contributed by atoms with Crippen LogP contribution in [0.5, 0.6) is 0 Å². The van der Waals surface area contributed by atoms with E-state index in [4.69, 9.17) is 0 Å². The highest BCUT2D eigenvalue weighted by atomic mass is 16.2. The van der Waals surface area contributed by atoms with Crippen molar-refractivity contribution in [3.8, 4) is 0 Å². The summed E-state index contributed by atoms with van der Waals surface area (Å²) in [5.41, 5.74) is 3.47. The molecule has 2 amide bonds. The Kier molecular flexibility index (Phi) is 5.64. The summed E-state index contributed by atoms with van der Waals surface area (Å²) >= 11 is 0. The van der Waals surface area contributed by atoms with Crippen LogP contribution in [0, 0.1) is 13.8 Å². The molecule has 0 fully saturated rings. The quantitative estimate of drug-likeness (QED) is 0.625. The highest BCUT2D eigenvalue weighted by molar-refractivity contribution is 6.03. The number of nitrogens with one attached hydrogen (secondary N) is 3. The summed E-state index contributed by atoms with van der Waals surface area (Å²) in [6.07, 6.45) is 0. The maximum absolute atomic E-state index is 12.6. The number of carbonyl (C=O) groups is 2. The van der Waals surface area contributed by atoms with Gasteiger partial charge in [0.25, 0.3) is 5.91 Å². The molecule has 28 heavy (non-hydrogen) atoms. The van der Waals surface area contributed by atoms with Crippen molar-refractivity contribution in [2.45, 2.75) is 20.8 Å². The van der Waals surface area contributed by atoms with Crippen LogP contribution >= 0.6 is 0 Å². The third-order valence-corrected chi connectivity index (χ3v) is 3.84. The lowest BCUT2D eigenvalue weighted by Crippen LogP contribution is -2.15. The van der Waals surface area contributed by atoms with Crippen LogP contribution in [0.25, 0.3) is 0 Å². The minimum Gasteiger partial charge on any atom is -0.340 e. The summed E-state index contributed by atoms with van der Waals surface area (Å²) in [6, 6.07) is 16.3. The van der Waals surface area contributed by atoms with E-state index in [2.05, 4.69) is 25.9 Å². The number of amides is 2. The maximum Gasteiger partial charge on any atom is 0.274 e. The molecule has 0 atom stereocenters. The molecule has 0 aliphatic rings. The molecule has 7 heteroatoms. The number of hydrogen-bond acceptors (Lipinski definition) is 5. The van der Waals surface area contributed by atoms with E-state index in [9.17, 15) is 9.59 Å². The van der Waals surface area contributed by atoms with E-state index in [0.717, 1.165) is 11.3 Å². The second-order valence-corrected chi connectivity index (χ2v) is 6.39. The predicted molar refractivity (Wildman–Crippen MR) is 110 cm³/mol. The predicted octanol–water partition coefficient (Wildman–Crippen LogP) is 4.05. The molecule has 1 heterocycles. The van der Waals surface area contributed by atoms with Crippen molar-refractivity contribution >= 4 is 34.7 Å². The zero-order chi connectivity index (χ0) is 20.1. The fourth-order valence-electron chi connectivity index (χ4n) is 2.61. The average molecular weight is 375 g/mol. The first-order chi connectivity index (χ1) is 13.4. The molecule has 0 saturated carbocycles. The zero-order valence-electron chi connectivity index (χ0n) is 15.9. The number of rotatable bonds is 5. The van der Waals surface area contributed by atoms with Crippen LogP contribution in [0.2, 0.25) is 0 Å². The van der Waals surface area contributed by atoms with Crippen molar-refractivity contribution in [2.75, 3.05) is 16.0 Å². The molecule has 3 aromatic rings. The maximum atomic E-state index is 12.6. The smallest absolute Gasteiger partial charge is 0.274 e. The van der Waals surface area contributed by atoms with Crippen LogP contribution in [0.1, 0.15) is 28.8 Å². The van der Waals surface area contributed by atoms with Gasteiger partial charge in [0.2, 0.25) is 5.91 Å². The topological polar surface area (TPSA) is 96.0 Å². The second-order valence-electron chi connectivity index (χ2n) is 6.39. The van der Waals surface area contributed by atoms with Crippen LogP contribution in [-0.2, 0) is 4.79 Å². The Balaban J connectivity index is 1.78. The molecule has 0 bridgehead atoms. The van der Waals surface area contributed by atoms with E-state index in [1.807, 2.05) is 43.3 Å². The van der Waals surface area contributed by atoms with Gasteiger partial charge >= 0.3 is 0 Å². The van der Waals surface area contributed by atoms with Crippen molar-refractivity contribution in [2.24, 2.45) is 0 Å². The molecule has 0 unspecified atom stereocenters. The molecule has 1 aromatic heterocycles. The number of carbonyl (C=O) groups excluding carboxylic acids is 2. The van der Waals surface area contributed by atoms with Crippen molar-refractivity contribution in [1.82, 2.24) is 9.97 Å². The van der Waals surface area contributed by atoms with Crippen LogP contribution in [0.4, 0.5) is 22.9 Å². The van der Waals surface area contributed by atoms with Crippen molar-refractivity contribution in [1.29, 1.82) is 0 Å². The Bertz CT molecular complexity index is 1020. The third-order valence-electron chi connectivity index (χ3n) is 3.84. The van der Waals surface area contributed by atoms with Crippen LogP contribution < -0.4 is 16.0 Å². The molecule has 7 nitrogen and oxygen atoms in total. The summed E-state index contributed by atoms with van der Waals surface area (Å²) in [4.78, 5) is 32.3. The summed E-state index contributed by atoms with van der Waals surface area (Å²) < 4.78 is 0. The number of benzene rings is 2. The van der Waals surface area contributed by atoms with Gasteiger partial charge in [0, 0.05) is 30.1 Å². The van der Waals surface area contributed by atoms with Gasteiger partial charge in [-0.25, -0.2) is 9.97 Å². The fourth-order valence-corrected chi connectivity index (χ4v) is 2.61. The molecular formula is C21H21N5O2. The van der Waals surface area contributed by atoms with Crippen molar-refractivity contribution in [3.63, 3.8) is 0 Å². The van der Waals surface area contributed by atoms with Gasteiger partial charge < -0.3 is 16.0 Å². The number of anilines is 4. The Morgan fingerprint density at radius 2 is 1.54 bits per heavy atom. The molecule has 0 aliphatic heterocycles. The lowest BCUT2D eigenvalue weighted by molar-refractivity contribution is -0.114. The molecule has 0 saturated heterocycles. The van der Waals surface area contributed by atoms with Gasteiger partial charge in [-0.1, -0.05) is 23.8 Å². The molecule has 0 radical (unpaired) electrons. The fraction of sp³-hybridized carbons (Fsp3) is 0.143. The SMILES string of the molecule is CC(=O)Nc1cccc(Nc2cc(C(=O)Nc3ccc(C)cc3)nc(C)n2)c1. The molecule has 142 valence electrons. The van der Waals surface area contributed by atoms with Gasteiger partial charge in [0.1, 0.15) is 17.3 Å². The van der Waals surface area contributed by atoms with E-state index < -0.39 is 0 Å². The largest absolute Gasteiger partial charge is 0.340 e. The molecule has 2 aromatic carbocycles. The van der Waals surface area contributed by atoms with E-state index in [1.165, 1.54) is 6.92 Å². The van der Waals surface area contributed by atoms with Gasteiger partial charge in [-0.2, -0.15) is 0 Å². The first-order valence-electron chi connectivity index (χ1n) is 8.77. The number of hydrogen-bond donors (Lipinski definition) is 3. The second kappa shape index (κ2) is 8.30. The molecule has 0 spiro atoms. The highest BCUT2D eigenvalue weighted by Gasteiger charge is 2.11. The highest BCUT2D eigenvalue weighted by Crippen LogP contribution is 2.20. The number of aryl methyl sites for hydroxylation is 2. The van der Waals surface area contributed by atoms with Gasteiger partial charge in [-0.3, -0.25) is 9.59 Å². The van der Waals surface area contributed by atoms with Crippen LogP contribution in [0.15, 0.2) is 54.6 Å². The first-order valence-corrected chi connectivity index (χ1v) is 8.77. The van der Waals surface area contributed by atoms with E-state index in [1.54, 1.807) is 25.1 Å². The average Bonchev–Trinajstić information content (AvgIpc) is 2.63. The van der Waals surface area contributed by atoms with E-state index in [0.29, 0.717) is 23.0 Å². The lowest BCUT2D eigenvalue weighted by Gasteiger charge is -2.10. The summed E-state index contributed by atoms with van der Waals surface area (Å²) in [7, 11) is 0. The first kappa shape index (κ1) is 19.0. The molecule has 3 N–H and O–H groups in total. The minimum absolute atomic E-state index is 0.148. The van der Waals surface area contributed by atoms with Crippen LogP contribution in [-0.4, -0.2) is 21.8 Å². The van der Waals surface area contributed by atoms with Gasteiger partial charge in [-0.05, 0) is 44.2 Å². The molecular weight excluding hydrogens is 354 g/mol. The van der Waals surface area contributed by atoms with E-state index in [-0.39, 0.29) is 17.5 Å². The Morgan fingerprint density at radius 1 is 0.821 bits per heavy atom. The molecule has 0 aliphatic carbocycles. The summed E-state index contributed by atoms with van der Waals surface area (Å²) in [5.74, 6) is 0.494. The normalized spacial score (nSPS) is 10.2. The lowest BCUT2D eigenvalue weighted by atomic mass is 10.2.